The number of ether oxygens (including phenoxy) is 4. The van der Waals surface area contributed by atoms with Crippen molar-refractivity contribution in [1.29, 1.82) is 0 Å². The molecule has 4 heterocycles. The third kappa shape index (κ3) is 7.32. The summed E-state index contributed by atoms with van der Waals surface area (Å²) in [5.41, 5.74) is 3.71. The summed E-state index contributed by atoms with van der Waals surface area (Å²) in [5.74, 6) is 0.367. The fraction of sp³-hybridized carbons (Fsp3) is 0.613. The van der Waals surface area contributed by atoms with E-state index in [1.807, 2.05) is 17.0 Å². The third-order valence-electron chi connectivity index (χ3n) is 8.40. The molecular formula is C31H44N4O5. The minimum absolute atomic E-state index is 0.0606. The van der Waals surface area contributed by atoms with Crippen molar-refractivity contribution in [2.75, 3.05) is 52.4 Å². The molecule has 3 saturated heterocycles. The molecule has 4 atom stereocenters. The van der Waals surface area contributed by atoms with Gasteiger partial charge in [-0.05, 0) is 57.1 Å². The van der Waals surface area contributed by atoms with Crippen molar-refractivity contribution in [2.45, 2.75) is 75.8 Å². The van der Waals surface area contributed by atoms with Crippen molar-refractivity contribution in [3.8, 4) is 5.88 Å². The number of rotatable bonds is 9. The maximum Gasteiger partial charge on any atom is 0.272 e. The molecular weight excluding hydrogens is 508 g/mol. The first-order valence-corrected chi connectivity index (χ1v) is 14.7. The number of methoxy groups -OCH3 is 2. The minimum Gasteiger partial charge on any atom is -0.481 e. The van der Waals surface area contributed by atoms with Crippen molar-refractivity contribution in [3.05, 3.63) is 53.2 Å². The molecule has 0 unspecified atom stereocenters. The van der Waals surface area contributed by atoms with Gasteiger partial charge in [0.1, 0.15) is 5.69 Å². The highest BCUT2D eigenvalue weighted by Gasteiger charge is 2.31. The number of hydrogen-bond donors (Lipinski definition) is 2. The van der Waals surface area contributed by atoms with Gasteiger partial charge >= 0.3 is 0 Å². The number of pyridine rings is 1. The van der Waals surface area contributed by atoms with Crippen LogP contribution in [0.25, 0.3) is 0 Å². The molecule has 1 aromatic carbocycles. The van der Waals surface area contributed by atoms with E-state index in [4.69, 9.17) is 18.9 Å². The van der Waals surface area contributed by atoms with Crippen LogP contribution < -0.4 is 15.4 Å². The van der Waals surface area contributed by atoms with E-state index in [1.165, 1.54) is 11.1 Å². The SMILES string of the molecule is COc1cc(NC[C@H]2CCC[C@@H](c3ccc(C)cc3)O2)cc(C(=O)N2CCC(N[C@H]3CCOC[C@H]3OC)CC2)n1. The summed E-state index contributed by atoms with van der Waals surface area (Å²) in [6, 6.07) is 12.9. The minimum atomic E-state index is -0.0606. The average Bonchev–Trinajstić information content (AvgIpc) is 3.00. The molecule has 218 valence electrons. The lowest BCUT2D eigenvalue weighted by atomic mass is 9.97. The molecule has 3 aliphatic rings. The standard InChI is InChI=1S/C31H44N4O5/c1-21-7-9-22(10-8-21)28-6-4-5-25(40-28)19-32-24-17-27(34-30(18-24)38-3)31(36)35-14-11-23(12-15-35)33-26-13-16-39-20-29(26)37-2/h7-10,17-18,23,25-26,28-29,33H,4-6,11-16,19-20H2,1-3H3,(H,32,34)/t25-,26+,28+,29-/m1/s1. The molecule has 3 aliphatic heterocycles. The molecule has 3 fully saturated rings. The van der Waals surface area contributed by atoms with Crippen LogP contribution in [0.5, 0.6) is 5.88 Å². The number of carbonyl (C=O) groups excluding carboxylic acids is 1. The van der Waals surface area contributed by atoms with Gasteiger partial charge < -0.3 is 34.5 Å². The number of aromatic nitrogens is 1. The summed E-state index contributed by atoms with van der Waals surface area (Å²) < 4.78 is 23.0. The van der Waals surface area contributed by atoms with Crippen molar-refractivity contribution < 1.29 is 23.7 Å². The van der Waals surface area contributed by atoms with E-state index in [0.29, 0.717) is 49.9 Å². The number of aryl methyl sites for hydroxylation is 1. The Morgan fingerprint density at radius 3 is 2.62 bits per heavy atom. The largest absolute Gasteiger partial charge is 0.481 e. The maximum absolute atomic E-state index is 13.4. The maximum atomic E-state index is 13.4. The van der Waals surface area contributed by atoms with Crippen LogP contribution in [0, 0.1) is 6.92 Å². The summed E-state index contributed by atoms with van der Waals surface area (Å²) in [6.45, 7) is 5.53. The lowest BCUT2D eigenvalue weighted by Crippen LogP contribution is -2.54. The Hall–Kier alpha value is -2.72. The Labute approximate surface area is 237 Å². The van der Waals surface area contributed by atoms with E-state index in [1.54, 1.807) is 14.2 Å². The van der Waals surface area contributed by atoms with Gasteiger partial charge in [0, 0.05) is 57.2 Å². The third-order valence-corrected chi connectivity index (χ3v) is 8.40. The second-order valence-electron chi connectivity index (χ2n) is 11.2. The van der Waals surface area contributed by atoms with Crippen LogP contribution in [0.2, 0.25) is 0 Å². The first-order valence-electron chi connectivity index (χ1n) is 14.7. The number of nitrogens with one attached hydrogen (secondary N) is 2. The van der Waals surface area contributed by atoms with E-state index < -0.39 is 0 Å². The molecule has 1 amide bonds. The number of amides is 1. The number of hydrogen-bond acceptors (Lipinski definition) is 8. The molecule has 0 saturated carbocycles. The summed E-state index contributed by atoms with van der Waals surface area (Å²) in [5, 5.41) is 7.23. The summed E-state index contributed by atoms with van der Waals surface area (Å²) in [7, 11) is 3.32. The highest BCUT2D eigenvalue weighted by atomic mass is 16.5. The second-order valence-corrected chi connectivity index (χ2v) is 11.2. The van der Waals surface area contributed by atoms with Crippen LogP contribution in [0.1, 0.15) is 66.2 Å². The van der Waals surface area contributed by atoms with Crippen LogP contribution >= 0.6 is 0 Å². The molecule has 2 N–H and O–H groups in total. The lowest BCUT2D eigenvalue weighted by molar-refractivity contribution is -0.0533. The van der Waals surface area contributed by atoms with E-state index >= 15 is 0 Å². The van der Waals surface area contributed by atoms with Crippen molar-refractivity contribution >= 4 is 11.6 Å². The number of anilines is 1. The molecule has 40 heavy (non-hydrogen) atoms. The molecule has 0 spiro atoms. The molecule has 2 aromatic rings. The Morgan fingerprint density at radius 2 is 1.88 bits per heavy atom. The predicted molar refractivity (Wildman–Crippen MR) is 154 cm³/mol. The Kier molecular flexibility index (Phi) is 9.91. The second kappa shape index (κ2) is 13.8. The first-order chi connectivity index (χ1) is 19.5. The smallest absolute Gasteiger partial charge is 0.272 e. The molecule has 9 nitrogen and oxygen atoms in total. The van der Waals surface area contributed by atoms with Gasteiger partial charge in [-0.2, -0.15) is 0 Å². The predicted octanol–water partition coefficient (Wildman–Crippen LogP) is 4.12. The van der Waals surface area contributed by atoms with E-state index in [-0.39, 0.29) is 24.2 Å². The Bertz CT molecular complexity index is 1110. The first kappa shape index (κ1) is 28.8. The van der Waals surface area contributed by atoms with Crippen LogP contribution in [0.15, 0.2) is 36.4 Å². The lowest BCUT2D eigenvalue weighted by Gasteiger charge is -2.38. The zero-order valence-corrected chi connectivity index (χ0v) is 24.1. The van der Waals surface area contributed by atoms with E-state index in [2.05, 4.69) is 46.8 Å². The van der Waals surface area contributed by atoms with Gasteiger partial charge in [-0.1, -0.05) is 29.8 Å². The van der Waals surface area contributed by atoms with Gasteiger partial charge in [0.05, 0.1) is 32.0 Å². The monoisotopic (exact) mass is 552 g/mol. The van der Waals surface area contributed by atoms with Gasteiger partial charge in [-0.3, -0.25) is 4.79 Å². The van der Waals surface area contributed by atoms with Crippen LogP contribution in [-0.4, -0.2) is 87.2 Å². The highest BCUT2D eigenvalue weighted by molar-refractivity contribution is 5.93. The summed E-state index contributed by atoms with van der Waals surface area (Å²) >= 11 is 0. The zero-order chi connectivity index (χ0) is 27.9. The van der Waals surface area contributed by atoms with E-state index in [9.17, 15) is 4.79 Å². The molecule has 0 aliphatic carbocycles. The zero-order valence-electron chi connectivity index (χ0n) is 24.1. The van der Waals surface area contributed by atoms with Crippen molar-refractivity contribution in [3.63, 3.8) is 0 Å². The van der Waals surface area contributed by atoms with Gasteiger partial charge in [-0.25, -0.2) is 4.98 Å². The number of likely N-dealkylation sites (tertiary alicyclic amines) is 1. The van der Waals surface area contributed by atoms with E-state index in [0.717, 1.165) is 50.8 Å². The van der Waals surface area contributed by atoms with Gasteiger partial charge in [-0.15, -0.1) is 0 Å². The molecule has 5 rings (SSSR count). The number of carbonyl (C=O) groups is 1. The van der Waals surface area contributed by atoms with Crippen LogP contribution in [0.3, 0.4) is 0 Å². The normalized spacial score (nSPS) is 25.9. The summed E-state index contributed by atoms with van der Waals surface area (Å²) in [6.07, 6.45) is 6.20. The molecule has 9 heteroatoms. The quantitative estimate of drug-likeness (QED) is 0.480. The topological polar surface area (TPSA) is 94.2 Å². The number of piperidine rings is 1. The van der Waals surface area contributed by atoms with Crippen molar-refractivity contribution in [1.82, 2.24) is 15.2 Å². The van der Waals surface area contributed by atoms with Crippen LogP contribution in [-0.2, 0) is 14.2 Å². The molecule has 1 aromatic heterocycles. The molecule has 0 bridgehead atoms. The van der Waals surface area contributed by atoms with Crippen LogP contribution in [0.4, 0.5) is 5.69 Å². The molecule has 0 radical (unpaired) electrons. The fourth-order valence-electron chi connectivity index (χ4n) is 5.98. The highest BCUT2D eigenvalue weighted by Crippen LogP contribution is 2.32. The number of benzene rings is 1. The fourth-order valence-corrected chi connectivity index (χ4v) is 5.98. The van der Waals surface area contributed by atoms with Gasteiger partial charge in [0.15, 0.2) is 0 Å². The van der Waals surface area contributed by atoms with Gasteiger partial charge in [0.2, 0.25) is 5.88 Å². The number of nitrogens with zero attached hydrogens (tertiary/aromatic N) is 2. The Balaban J connectivity index is 1.15. The average molecular weight is 553 g/mol. The van der Waals surface area contributed by atoms with Gasteiger partial charge in [0.25, 0.3) is 5.91 Å². The van der Waals surface area contributed by atoms with Crippen molar-refractivity contribution in [2.24, 2.45) is 0 Å². The summed E-state index contributed by atoms with van der Waals surface area (Å²) in [4.78, 5) is 19.8. The Morgan fingerprint density at radius 1 is 1.07 bits per heavy atom.